The Morgan fingerprint density at radius 2 is 1.31 bits per heavy atom. The van der Waals surface area contributed by atoms with Gasteiger partial charge in [0.2, 0.25) is 23.6 Å². The van der Waals surface area contributed by atoms with Crippen LogP contribution in [0.15, 0.2) is 81.2 Å². The summed E-state index contributed by atoms with van der Waals surface area (Å²) in [6.45, 7) is 13.2. The minimum Gasteiger partial charge on any atom is -0.420 e. The molecular weight excluding hydrogens is 448 g/mol. The monoisotopic (exact) mass is 480 g/mol. The summed E-state index contributed by atoms with van der Waals surface area (Å²) in [4.78, 5) is 0. The van der Waals surface area contributed by atoms with Crippen LogP contribution in [0.5, 0.6) is 0 Å². The van der Waals surface area contributed by atoms with Gasteiger partial charge in [-0.15, -0.1) is 20.4 Å². The van der Waals surface area contributed by atoms with Gasteiger partial charge < -0.3 is 8.83 Å². The van der Waals surface area contributed by atoms with Crippen LogP contribution in [0.2, 0.25) is 0 Å². The van der Waals surface area contributed by atoms with Gasteiger partial charge in [-0.25, -0.2) is 0 Å². The minimum atomic E-state index is 0.0868. The third kappa shape index (κ3) is 4.94. The molecule has 1 aliphatic rings. The van der Waals surface area contributed by atoms with Gasteiger partial charge in [0.15, 0.2) is 0 Å². The number of nitrogens with zero attached hydrogens (tertiary/aromatic N) is 4. The van der Waals surface area contributed by atoms with E-state index in [0.717, 1.165) is 23.1 Å². The van der Waals surface area contributed by atoms with Crippen LogP contribution in [-0.4, -0.2) is 20.4 Å². The maximum absolute atomic E-state index is 6.06. The molecule has 0 amide bonds. The van der Waals surface area contributed by atoms with Crippen LogP contribution in [0.25, 0.3) is 34.4 Å². The van der Waals surface area contributed by atoms with Crippen molar-refractivity contribution < 1.29 is 8.83 Å². The van der Waals surface area contributed by atoms with Crippen molar-refractivity contribution in [2.45, 2.75) is 59.3 Å². The molecule has 6 nitrogen and oxygen atoms in total. The Bertz CT molecular complexity index is 1430. The standard InChI is InChI=1S/C30H32N4O2/c1-29(2,3)23-14-10-19(11-15-23)25-31-33-27(35-25)21-8-7-9-22(18-21)28-34-32-26(36-28)20-12-16-24(17-13-20)30(4,5)6/h7-12,14-18,20H,13H2,1-6H3. The molecule has 5 rings (SSSR count). The van der Waals surface area contributed by atoms with Gasteiger partial charge in [0.1, 0.15) is 0 Å². The van der Waals surface area contributed by atoms with E-state index in [1.54, 1.807) is 0 Å². The highest BCUT2D eigenvalue weighted by Crippen LogP contribution is 2.35. The van der Waals surface area contributed by atoms with Crippen LogP contribution in [-0.2, 0) is 5.41 Å². The number of benzene rings is 2. The summed E-state index contributed by atoms with van der Waals surface area (Å²) in [5.41, 5.74) is 5.31. The molecular formula is C30H32N4O2. The lowest BCUT2D eigenvalue weighted by atomic mass is 9.81. The van der Waals surface area contributed by atoms with Crippen molar-refractivity contribution in [3.63, 3.8) is 0 Å². The SMILES string of the molecule is CC(C)(C)C1=CCC(c2nnc(-c3cccc(-c4nnc(-c5ccc(C(C)(C)C)cc5)o4)c3)o2)C=C1. The fourth-order valence-corrected chi connectivity index (χ4v) is 4.22. The number of rotatable bonds is 4. The second-order valence-corrected chi connectivity index (χ2v) is 11.4. The first-order chi connectivity index (χ1) is 17.1. The summed E-state index contributed by atoms with van der Waals surface area (Å²) in [5.74, 6) is 2.12. The first kappa shape index (κ1) is 23.9. The van der Waals surface area contributed by atoms with Gasteiger partial charge in [0, 0.05) is 16.7 Å². The van der Waals surface area contributed by atoms with E-state index in [9.17, 15) is 0 Å². The Balaban J connectivity index is 1.34. The summed E-state index contributed by atoms with van der Waals surface area (Å²) in [6.07, 6.45) is 7.44. The zero-order chi connectivity index (χ0) is 25.5. The number of hydrogen-bond donors (Lipinski definition) is 0. The summed E-state index contributed by atoms with van der Waals surface area (Å²) in [6, 6.07) is 16.0. The molecule has 0 saturated heterocycles. The Morgan fingerprint density at radius 1 is 0.694 bits per heavy atom. The molecule has 4 aromatic rings. The molecule has 6 heteroatoms. The van der Waals surface area contributed by atoms with E-state index < -0.39 is 0 Å². The average Bonchev–Trinajstić information content (AvgIpc) is 3.54. The summed E-state index contributed by atoms with van der Waals surface area (Å²) < 4.78 is 12.1. The van der Waals surface area contributed by atoms with Crippen molar-refractivity contribution in [1.82, 2.24) is 20.4 Å². The van der Waals surface area contributed by atoms with Crippen LogP contribution in [0.1, 0.15) is 65.3 Å². The Kier molecular flexibility index (Phi) is 5.99. The van der Waals surface area contributed by atoms with E-state index in [0.29, 0.717) is 23.6 Å². The molecule has 1 atom stereocenters. The van der Waals surface area contributed by atoms with Crippen LogP contribution in [0.4, 0.5) is 0 Å². The topological polar surface area (TPSA) is 77.8 Å². The molecule has 1 aliphatic carbocycles. The quantitative estimate of drug-likeness (QED) is 0.297. The first-order valence-corrected chi connectivity index (χ1v) is 12.4. The zero-order valence-electron chi connectivity index (χ0n) is 21.7. The highest BCUT2D eigenvalue weighted by molar-refractivity contribution is 5.65. The van der Waals surface area contributed by atoms with Gasteiger partial charge in [-0.1, -0.05) is 78.0 Å². The molecule has 2 aromatic heterocycles. The minimum absolute atomic E-state index is 0.0868. The number of allylic oxidation sites excluding steroid dienone is 4. The third-order valence-electron chi connectivity index (χ3n) is 6.50. The van der Waals surface area contributed by atoms with Crippen LogP contribution >= 0.6 is 0 Å². The maximum Gasteiger partial charge on any atom is 0.248 e. The highest BCUT2D eigenvalue weighted by Gasteiger charge is 2.23. The van der Waals surface area contributed by atoms with Crippen molar-refractivity contribution in [3.05, 3.63) is 83.8 Å². The molecule has 2 aromatic carbocycles. The van der Waals surface area contributed by atoms with E-state index in [1.165, 1.54) is 11.1 Å². The molecule has 1 unspecified atom stereocenters. The van der Waals surface area contributed by atoms with Gasteiger partial charge in [-0.3, -0.25) is 0 Å². The van der Waals surface area contributed by atoms with Gasteiger partial charge in [0.05, 0.1) is 5.92 Å². The molecule has 0 aliphatic heterocycles. The number of hydrogen-bond acceptors (Lipinski definition) is 6. The highest BCUT2D eigenvalue weighted by atomic mass is 16.4. The van der Waals surface area contributed by atoms with E-state index in [-0.39, 0.29) is 16.7 Å². The lowest BCUT2D eigenvalue weighted by molar-refractivity contribution is 0.474. The predicted octanol–water partition coefficient (Wildman–Crippen LogP) is 7.77. The van der Waals surface area contributed by atoms with E-state index in [1.807, 2.05) is 36.4 Å². The molecule has 36 heavy (non-hydrogen) atoms. The van der Waals surface area contributed by atoms with Crippen LogP contribution in [0, 0.1) is 5.41 Å². The van der Waals surface area contributed by atoms with Crippen LogP contribution in [0.3, 0.4) is 0 Å². The van der Waals surface area contributed by atoms with Gasteiger partial charge in [0.25, 0.3) is 0 Å². The van der Waals surface area contributed by atoms with Gasteiger partial charge >= 0.3 is 0 Å². The normalized spacial score (nSPS) is 16.3. The predicted molar refractivity (Wildman–Crippen MR) is 141 cm³/mol. The largest absolute Gasteiger partial charge is 0.420 e. The van der Waals surface area contributed by atoms with E-state index >= 15 is 0 Å². The first-order valence-electron chi connectivity index (χ1n) is 12.4. The fourth-order valence-electron chi connectivity index (χ4n) is 4.22. The fraction of sp³-hybridized carbons (Fsp3) is 0.333. The lowest BCUT2D eigenvalue weighted by Gasteiger charge is -2.24. The Morgan fingerprint density at radius 3 is 1.89 bits per heavy atom. The van der Waals surface area contributed by atoms with Crippen molar-refractivity contribution >= 4 is 0 Å². The smallest absolute Gasteiger partial charge is 0.248 e. The molecule has 2 heterocycles. The molecule has 0 N–H and O–H groups in total. The Labute approximate surface area is 212 Å². The zero-order valence-corrected chi connectivity index (χ0v) is 21.7. The lowest BCUT2D eigenvalue weighted by Crippen LogP contribution is -2.11. The second kappa shape index (κ2) is 9.01. The van der Waals surface area contributed by atoms with Crippen molar-refractivity contribution in [2.24, 2.45) is 5.41 Å². The van der Waals surface area contributed by atoms with Gasteiger partial charge in [-0.05, 0) is 58.7 Å². The molecule has 0 bridgehead atoms. The summed E-state index contributed by atoms with van der Waals surface area (Å²) >= 11 is 0. The van der Waals surface area contributed by atoms with E-state index in [4.69, 9.17) is 8.83 Å². The molecule has 0 fully saturated rings. The van der Waals surface area contributed by atoms with Gasteiger partial charge in [-0.2, -0.15) is 0 Å². The maximum atomic E-state index is 6.06. The second-order valence-electron chi connectivity index (χ2n) is 11.4. The summed E-state index contributed by atoms with van der Waals surface area (Å²) in [5, 5.41) is 17.2. The van der Waals surface area contributed by atoms with Crippen molar-refractivity contribution in [3.8, 4) is 34.4 Å². The molecule has 184 valence electrons. The van der Waals surface area contributed by atoms with E-state index in [2.05, 4.69) is 92.3 Å². The molecule has 0 saturated carbocycles. The summed E-state index contributed by atoms with van der Waals surface area (Å²) in [7, 11) is 0. The third-order valence-corrected chi connectivity index (χ3v) is 6.50. The average molecular weight is 481 g/mol. The van der Waals surface area contributed by atoms with Crippen LogP contribution < -0.4 is 0 Å². The molecule has 0 spiro atoms. The molecule has 0 radical (unpaired) electrons. The Hall–Kier alpha value is -3.80. The number of aromatic nitrogens is 4. The van der Waals surface area contributed by atoms with Crippen molar-refractivity contribution in [1.29, 1.82) is 0 Å². The van der Waals surface area contributed by atoms with Crippen molar-refractivity contribution in [2.75, 3.05) is 0 Å².